The predicted molar refractivity (Wildman–Crippen MR) is 154 cm³/mol. The number of carbonyl (C=O) groups excluding carboxylic acids is 2. The minimum atomic E-state index is -3.55. The van der Waals surface area contributed by atoms with Crippen molar-refractivity contribution in [2.45, 2.75) is 55.6 Å². The number of nitrogens with zero attached hydrogens (tertiary/aromatic N) is 1. The van der Waals surface area contributed by atoms with Crippen molar-refractivity contribution >= 4 is 33.4 Å². The van der Waals surface area contributed by atoms with Crippen LogP contribution in [-0.2, 0) is 39.0 Å². The van der Waals surface area contributed by atoms with Crippen LogP contribution in [0.25, 0.3) is 0 Å². The lowest BCUT2D eigenvalue weighted by atomic mass is 10.0. The van der Waals surface area contributed by atoms with Gasteiger partial charge in [0.1, 0.15) is 6.04 Å². The van der Waals surface area contributed by atoms with E-state index in [1.54, 1.807) is 41.3 Å². The summed E-state index contributed by atoms with van der Waals surface area (Å²) in [6.07, 6.45) is 2.52. The number of amides is 2. The van der Waals surface area contributed by atoms with E-state index >= 15 is 0 Å². The monoisotopic (exact) mass is 583 g/mol. The average Bonchev–Trinajstić information content (AvgIpc) is 3.77. The highest BCUT2D eigenvalue weighted by Crippen LogP contribution is 2.23. The minimum Gasteiger partial charge on any atom is -0.395 e. The normalized spacial score (nSPS) is 13.9. The fourth-order valence-corrected chi connectivity index (χ4v) is 5.79. The minimum absolute atomic E-state index is 0.0207. The lowest BCUT2D eigenvalue weighted by molar-refractivity contribution is -0.141. The molecule has 0 saturated heterocycles. The van der Waals surface area contributed by atoms with Crippen LogP contribution in [0.1, 0.15) is 36.0 Å². The summed E-state index contributed by atoms with van der Waals surface area (Å²) in [7, 11) is -3.55. The summed E-state index contributed by atoms with van der Waals surface area (Å²) in [5.74, 6) is -0.569. The van der Waals surface area contributed by atoms with Crippen molar-refractivity contribution in [3.8, 4) is 0 Å². The molecule has 1 aliphatic rings. The fraction of sp³-hybridized carbons (Fsp3) is 0.333. The molecule has 8 nitrogen and oxygen atoms in total. The SMILES string of the molecule is O=C(NCCO)[C@@H](Cc1ccccc1)N(Cc1ccc(Cl)cc1)C(=O)CCc1ccc(S(=O)(=O)NC2CC2)cc1. The van der Waals surface area contributed by atoms with Crippen LogP contribution in [0.15, 0.2) is 83.8 Å². The molecule has 0 radical (unpaired) electrons. The van der Waals surface area contributed by atoms with Gasteiger partial charge in [0.25, 0.3) is 0 Å². The zero-order chi connectivity index (χ0) is 28.5. The van der Waals surface area contributed by atoms with Crippen LogP contribution in [0.2, 0.25) is 5.02 Å². The van der Waals surface area contributed by atoms with Crippen LogP contribution < -0.4 is 10.0 Å². The van der Waals surface area contributed by atoms with Gasteiger partial charge in [-0.3, -0.25) is 9.59 Å². The van der Waals surface area contributed by atoms with Crippen LogP contribution in [0.5, 0.6) is 0 Å². The second-order valence-electron chi connectivity index (χ2n) is 9.91. The van der Waals surface area contributed by atoms with Gasteiger partial charge in [-0.15, -0.1) is 0 Å². The van der Waals surface area contributed by atoms with E-state index in [1.165, 1.54) is 0 Å². The van der Waals surface area contributed by atoms with Gasteiger partial charge in [-0.05, 0) is 60.2 Å². The summed E-state index contributed by atoms with van der Waals surface area (Å²) in [5.41, 5.74) is 2.54. The van der Waals surface area contributed by atoms with E-state index in [0.29, 0.717) is 17.9 Å². The quantitative estimate of drug-likeness (QED) is 0.269. The Labute approximate surface area is 240 Å². The largest absolute Gasteiger partial charge is 0.395 e. The maximum absolute atomic E-state index is 13.7. The topological polar surface area (TPSA) is 116 Å². The summed E-state index contributed by atoms with van der Waals surface area (Å²) in [6, 6.07) is 22.3. The van der Waals surface area contributed by atoms with Crippen molar-refractivity contribution in [2.75, 3.05) is 13.2 Å². The molecule has 0 aliphatic heterocycles. The van der Waals surface area contributed by atoms with E-state index < -0.39 is 16.1 Å². The van der Waals surface area contributed by atoms with Gasteiger partial charge in [0.05, 0.1) is 11.5 Å². The number of halogens is 1. The van der Waals surface area contributed by atoms with Gasteiger partial charge in [0.15, 0.2) is 0 Å². The Morgan fingerprint density at radius 2 is 1.57 bits per heavy atom. The second-order valence-corrected chi connectivity index (χ2v) is 12.1. The van der Waals surface area contributed by atoms with Gasteiger partial charge < -0.3 is 15.3 Å². The molecular formula is C30H34ClN3O5S. The molecule has 1 saturated carbocycles. The highest BCUT2D eigenvalue weighted by atomic mass is 35.5. The Bertz CT molecular complexity index is 1380. The van der Waals surface area contributed by atoms with Crippen LogP contribution in [0.4, 0.5) is 0 Å². The number of nitrogens with one attached hydrogen (secondary N) is 2. The van der Waals surface area contributed by atoms with Crippen molar-refractivity contribution in [2.24, 2.45) is 0 Å². The lowest BCUT2D eigenvalue weighted by Gasteiger charge is -2.31. The van der Waals surface area contributed by atoms with E-state index in [-0.39, 0.29) is 48.9 Å². The second kappa shape index (κ2) is 13.9. The van der Waals surface area contributed by atoms with E-state index in [4.69, 9.17) is 11.6 Å². The summed E-state index contributed by atoms with van der Waals surface area (Å²) >= 11 is 6.06. The highest BCUT2D eigenvalue weighted by molar-refractivity contribution is 7.89. The van der Waals surface area contributed by atoms with Gasteiger partial charge >= 0.3 is 0 Å². The molecule has 0 heterocycles. The summed E-state index contributed by atoms with van der Waals surface area (Å²) in [5, 5.41) is 12.6. The third-order valence-corrected chi connectivity index (χ3v) is 8.50. The van der Waals surface area contributed by atoms with Crippen LogP contribution in [0.3, 0.4) is 0 Å². The molecule has 0 bridgehead atoms. The van der Waals surface area contributed by atoms with Crippen molar-refractivity contribution in [3.63, 3.8) is 0 Å². The molecule has 1 aliphatic carbocycles. The molecule has 0 unspecified atom stereocenters. The smallest absolute Gasteiger partial charge is 0.243 e. The van der Waals surface area contributed by atoms with Gasteiger partial charge in [-0.2, -0.15) is 0 Å². The van der Waals surface area contributed by atoms with Crippen molar-refractivity contribution in [3.05, 3.63) is 101 Å². The summed E-state index contributed by atoms with van der Waals surface area (Å²) in [6.45, 7) is 0.0683. The van der Waals surface area contributed by atoms with Gasteiger partial charge in [0.2, 0.25) is 21.8 Å². The number of carbonyl (C=O) groups is 2. The molecule has 3 N–H and O–H groups in total. The molecule has 0 aromatic heterocycles. The molecule has 0 spiro atoms. The molecule has 212 valence electrons. The molecule has 40 heavy (non-hydrogen) atoms. The fourth-order valence-electron chi connectivity index (χ4n) is 4.36. The standard InChI is InChI=1S/C30H34ClN3O5S/c31-25-11-6-24(7-12-25)21-34(28(30(37)32-18-19-35)20-23-4-2-1-3-5-23)29(36)17-10-22-8-15-27(16-9-22)40(38,39)33-26-13-14-26/h1-9,11-12,15-16,26,28,33,35H,10,13-14,17-21H2,(H,32,37)/t28-/m1/s1. The first-order valence-corrected chi connectivity index (χ1v) is 15.2. The maximum atomic E-state index is 13.7. The molecule has 10 heteroatoms. The average molecular weight is 584 g/mol. The maximum Gasteiger partial charge on any atom is 0.243 e. The first-order valence-electron chi connectivity index (χ1n) is 13.3. The zero-order valence-corrected chi connectivity index (χ0v) is 23.7. The Kier molecular flexibility index (Phi) is 10.3. The molecule has 1 fully saturated rings. The van der Waals surface area contributed by atoms with Gasteiger partial charge in [0, 0.05) is 37.0 Å². The zero-order valence-electron chi connectivity index (χ0n) is 22.1. The number of hydrogen-bond acceptors (Lipinski definition) is 5. The first kappa shape index (κ1) is 29.7. The molecule has 3 aromatic carbocycles. The van der Waals surface area contributed by atoms with E-state index in [9.17, 15) is 23.1 Å². The van der Waals surface area contributed by atoms with Crippen LogP contribution >= 0.6 is 11.6 Å². The molecule has 4 rings (SSSR count). The van der Waals surface area contributed by atoms with E-state index in [2.05, 4.69) is 10.0 Å². The lowest BCUT2D eigenvalue weighted by Crippen LogP contribution is -2.51. The van der Waals surface area contributed by atoms with Crippen molar-refractivity contribution in [1.82, 2.24) is 14.9 Å². The molecular weight excluding hydrogens is 550 g/mol. The van der Waals surface area contributed by atoms with Gasteiger partial charge in [-0.25, -0.2) is 13.1 Å². The Morgan fingerprint density at radius 1 is 0.925 bits per heavy atom. The number of aryl methyl sites for hydroxylation is 1. The van der Waals surface area contributed by atoms with E-state index in [1.807, 2.05) is 42.5 Å². The number of benzene rings is 3. The number of hydrogen-bond donors (Lipinski definition) is 3. The molecule has 1 atom stereocenters. The van der Waals surface area contributed by atoms with Crippen molar-refractivity contribution < 1.29 is 23.1 Å². The molecule has 2 amide bonds. The number of sulfonamides is 1. The Hall–Kier alpha value is -3.24. The van der Waals surface area contributed by atoms with Crippen LogP contribution in [0, 0.1) is 0 Å². The third kappa shape index (κ3) is 8.63. The summed E-state index contributed by atoms with van der Waals surface area (Å²) < 4.78 is 27.6. The first-order chi connectivity index (χ1) is 19.2. The van der Waals surface area contributed by atoms with Crippen molar-refractivity contribution in [1.29, 1.82) is 0 Å². The van der Waals surface area contributed by atoms with Crippen LogP contribution in [-0.4, -0.2) is 55.5 Å². The number of rotatable bonds is 14. The van der Waals surface area contributed by atoms with Gasteiger partial charge in [-0.1, -0.05) is 66.2 Å². The van der Waals surface area contributed by atoms with E-state index in [0.717, 1.165) is 29.5 Å². The molecule has 3 aromatic rings. The highest BCUT2D eigenvalue weighted by Gasteiger charge is 2.30. The predicted octanol–water partition coefficient (Wildman–Crippen LogP) is 3.46. The Balaban J connectivity index is 1.53. The number of aliphatic hydroxyl groups is 1. The Morgan fingerprint density at radius 3 is 2.20 bits per heavy atom. The number of aliphatic hydroxyl groups excluding tert-OH is 1. The third-order valence-electron chi connectivity index (χ3n) is 6.71. The summed E-state index contributed by atoms with van der Waals surface area (Å²) in [4.78, 5) is 28.8.